The molecule has 104 valence electrons. The molecule has 0 aliphatic carbocycles. The van der Waals surface area contributed by atoms with Crippen LogP contribution in [0.3, 0.4) is 0 Å². The van der Waals surface area contributed by atoms with Crippen molar-refractivity contribution < 1.29 is 0 Å². The Bertz CT molecular complexity index is 845. The number of halogens is 1. The van der Waals surface area contributed by atoms with E-state index in [2.05, 4.69) is 15.6 Å². The lowest BCUT2D eigenvalue weighted by atomic mass is 10.1. The van der Waals surface area contributed by atoms with Crippen molar-refractivity contribution in [2.45, 2.75) is 13.1 Å². The molecule has 0 aliphatic rings. The van der Waals surface area contributed by atoms with Gasteiger partial charge in [0.25, 0.3) is 0 Å². The molecule has 0 saturated carbocycles. The van der Waals surface area contributed by atoms with Crippen molar-refractivity contribution in [2.24, 2.45) is 5.73 Å². The third-order valence-corrected chi connectivity index (χ3v) is 3.60. The van der Waals surface area contributed by atoms with Crippen LogP contribution in [0.15, 0.2) is 42.5 Å². The number of fused-ring (bicyclic) bond motifs is 1. The van der Waals surface area contributed by atoms with Gasteiger partial charge in [0.1, 0.15) is 5.82 Å². The molecule has 0 bridgehead atoms. The largest absolute Gasteiger partial charge is 0.324 e. The number of rotatable bonds is 3. The molecule has 0 fully saturated rings. The third-order valence-electron chi connectivity index (χ3n) is 3.37. The van der Waals surface area contributed by atoms with Gasteiger partial charge >= 0.3 is 0 Å². The van der Waals surface area contributed by atoms with Crippen molar-refractivity contribution in [2.75, 3.05) is 0 Å². The second-order valence-electron chi connectivity index (χ2n) is 4.76. The minimum absolute atomic E-state index is 0.351. The van der Waals surface area contributed by atoms with Gasteiger partial charge in [-0.15, -0.1) is 0 Å². The average Bonchev–Trinajstić information content (AvgIpc) is 2.84. The van der Waals surface area contributed by atoms with E-state index in [0.29, 0.717) is 23.7 Å². The second-order valence-corrected chi connectivity index (χ2v) is 5.20. The van der Waals surface area contributed by atoms with Gasteiger partial charge in [0.2, 0.25) is 0 Å². The van der Waals surface area contributed by atoms with E-state index in [9.17, 15) is 0 Å². The summed E-state index contributed by atoms with van der Waals surface area (Å²) in [7, 11) is 0. The van der Waals surface area contributed by atoms with Gasteiger partial charge in [-0.2, -0.15) is 5.26 Å². The second kappa shape index (κ2) is 5.57. The molecule has 0 unspecified atom stereocenters. The van der Waals surface area contributed by atoms with Gasteiger partial charge in [-0.3, -0.25) is 0 Å². The highest BCUT2D eigenvalue weighted by atomic mass is 35.5. The first kappa shape index (κ1) is 13.6. The van der Waals surface area contributed by atoms with E-state index >= 15 is 0 Å². The van der Waals surface area contributed by atoms with Crippen molar-refractivity contribution in [3.8, 4) is 6.07 Å². The van der Waals surface area contributed by atoms with Crippen molar-refractivity contribution in [1.82, 2.24) is 9.55 Å². The molecule has 2 aromatic carbocycles. The number of hydrogen-bond donors (Lipinski definition) is 1. The molecule has 5 heteroatoms. The molecule has 0 saturated heterocycles. The van der Waals surface area contributed by atoms with Gasteiger partial charge in [0.05, 0.1) is 29.2 Å². The summed E-state index contributed by atoms with van der Waals surface area (Å²) in [6.07, 6.45) is 0. The van der Waals surface area contributed by atoms with Crippen molar-refractivity contribution in [3.63, 3.8) is 0 Å². The van der Waals surface area contributed by atoms with Gasteiger partial charge in [-0.1, -0.05) is 23.7 Å². The van der Waals surface area contributed by atoms with Crippen LogP contribution in [0.4, 0.5) is 0 Å². The van der Waals surface area contributed by atoms with Crippen molar-refractivity contribution in [1.29, 1.82) is 5.26 Å². The number of nitriles is 1. The Balaban J connectivity index is 2.08. The van der Waals surface area contributed by atoms with Crippen LogP contribution in [0.5, 0.6) is 0 Å². The SMILES string of the molecule is N#Cc1cccc(Cn2c(CN)nc3cc(Cl)ccc32)c1. The quantitative estimate of drug-likeness (QED) is 0.807. The smallest absolute Gasteiger partial charge is 0.123 e. The minimum Gasteiger partial charge on any atom is -0.324 e. The van der Waals surface area contributed by atoms with E-state index in [-0.39, 0.29) is 0 Å². The van der Waals surface area contributed by atoms with E-state index in [1.165, 1.54) is 0 Å². The lowest BCUT2D eigenvalue weighted by molar-refractivity contribution is 0.744. The zero-order chi connectivity index (χ0) is 14.8. The van der Waals surface area contributed by atoms with Crippen LogP contribution in [-0.2, 0) is 13.1 Å². The van der Waals surface area contributed by atoms with E-state index in [1.54, 1.807) is 6.07 Å². The van der Waals surface area contributed by atoms with Crippen molar-refractivity contribution in [3.05, 3.63) is 64.4 Å². The molecular formula is C16H13ClN4. The Morgan fingerprint density at radius 3 is 2.86 bits per heavy atom. The van der Waals surface area contributed by atoms with E-state index in [0.717, 1.165) is 22.4 Å². The fraction of sp³-hybridized carbons (Fsp3) is 0.125. The molecule has 3 aromatic rings. The number of aromatic nitrogens is 2. The zero-order valence-electron chi connectivity index (χ0n) is 11.3. The number of hydrogen-bond acceptors (Lipinski definition) is 3. The van der Waals surface area contributed by atoms with Gasteiger partial charge in [0, 0.05) is 11.6 Å². The highest BCUT2D eigenvalue weighted by molar-refractivity contribution is 6.31. The molecule has 0 radical (unpaired) electrons. The highest BCUT2D eigenvalue weighted by Gasteiger charge is 2.10. The summed E-state index contributed by atoms with van der Waals surface area (Å²) >= 11 is 6.01. The van der Waals surface area contributed by atoms with Crippen LogP contribution in [0.25, 0.3) is 11.0 Å². The zero-order valence-corrected chi connectivity index (χ0v) is 12.0. The molecule has 2 N–H and O–H groups in total. The van der Waals surface area contributed by atoms with Gasteiger partial charge in [-0.25, -0.2) is 4.98 Å². The number of nitrogens with two attached hydrogens (primary N) is 1. The molecule has 4 nitrogen and oxygen atoms in total. The maximum atomic E-state index is 8.99. The summed E-state index contributed by atoms with van der Waals surface area (Å²) in [5.41, 5.74) is 9.30. The first-order chi connectivity index (χ1) is 10.2. The summed E-state index contributed by atoms with van der Waals surface area (Å²) in [5, 5.41) is 9.64. The molecular weight excluding hydrogens is 284 g/mol. The van der Waals surface area contributed by atoms with Crippen LogP contribution in [0.1, 0.15) is 17.0 Å². The minimum atomic E-state index is 0.351. The van der Waals surface area contributed by atoms with Crippen LogP contribution < -0.4 is 5.73 Å². The lowest BCUT2D eigenvalue weighted by Gasteiger charge is -2.08. The first-order valence-corrected chi connectivity index (χ1v) is 6.93. The lowest BCUT2D eigenvalue weighted by Crippen LogP contribution is -2.09. The molecule has 1 aromatic heterocycles. The summed E-state index contributed by atoms with van der Waals surface area (Å²) in [5.74, 6) is 0.801. The van der Waals surface area contributed by atoms with Gasteiger partial charge < -0.3 is 10.3 Å². The summed E-state index contributed by atoms with van der Waals surface area (Å²) in [6.45, 7) is 0.977. The van der Waals surface area contributed by atoms with E-state index < -0.39 is 0 Å². The summed E-state index contributed by atoms with van der Waals surface area (Å²) in [6, 6.07) is 15.3. The molecule has 1 heterocycles. The monoisotopic (exact) mass is 296 g/mol. The van der Waals surface area contributed by atoms with Crippen LogP contribution in [0.2, 0.25) is 5.02 Å². The Morgan fingerprint density at radius 1 is 1.24 bits per heavy atom. The fourth-order valence-corrected chi connectivity index (χ4v) is 2.57. The summed E-state index contributed by atoms with van der Waals surface area (Å²) < 4.78 is 2.06. The molecule has 21 heavy (non-hydrogen) atoms. The molecule has 3 rings (SSSR count). The molecule has 0 atom stereocenters. The molecule has 0 aliphatic heterocycles. The van der Waals surface area contributed by atoms with Crippen molar-refractivity contribution >= 4 is 22.6 Å². The normalized spacial score (nSPS) is 10.7. The Kier molecular flexibility index (Phi) is 3.61. The average molecular weight is 297 g/mol. The number of nitrogens with zero attached hydrogens (tertiary/aromatic N) is 3. The van der Waals surface area contributed by atoms with E-state index in [1.807, 2.05) is 36.4 Å². The maximum Gasteiger partial charge on any atom is 0.123 e. The van der Waals surface area contributed by atoms with Crippen LogP contribution >= 0.6 is 11.6 Å². The van der Waals surface area contributed by atoms with E-state index in [4.69, 9.17) is 22.6 Å². The fourth-order valence-electron chi connectivity index (χ4n) is 2.41. The summed E-state index contributed by atoms with van der Waals surface area (Å²) in [4.78, 5) is 4.52. The predicted molar refractivity (Wildman–Crippen MR) is 82.9 cm³/mol. The van der Waals surface area contributed by atoms with Gasteiger partial charge in [0.15, 0.2) is 0 Å². The molecule has 0 amide bonds. The highest BCUT2D eigenvalue weighted by Crippen LogP contribution is 2.22. The standard InChI is InChI=1S/C16H13ClN4/c17-13-4-5-15-14(7-13)20-16(9-19)21(15)10-12-3-1-2-11(6-12)8-18/h1-7H,9-10,19H2. The van der Waals surface area contributed by atoms with Crippen LogP contribution in [0, 0.1) is 11.3 Å². The maximum absolute atomic E-state index is 8.99. The Labute approximate surface area is 127 Å². The number of imidazole rings is 1. The molecule has 0 spiro atoms. The van der Waals surface area contributed by atoms with Gasteiger partial charge in [-0.05, 0) is 35.9 Å². The predicted octanol–water partition coefficient (Wildman–Crippen LogP) is 3.07. The Hall–Kier alpha value is -2.35. The third kappa shape index (κ3) is 2.62. The first-order valence-electron chi connectivity index (χ1n) is 6.55. The Morgan fingerprint density at radius 2 is 2.10 bits per heavy atom. The number of benzene rings is 2. The van der Waals surface area contributed by atoms with Crippen LogP contribution in [-0.4, -0.2) is 9.55 Å². The topological polar surface area (TPSA) is 67.6 Å².